The maximum Gasteiger partial charge on any atom is 0.324 e. The van der Waals surface area contributed by atoms with Gasteiger partial charge in [0.25, 0.3) is 0 Å². The van der Waals surface area contributed by atoms with E-state index in [1.807, 2.05) is 32.0 Å². The van der Waals surface area contributed by atoms with Crippen molar-refractivity contribution in [1.82, 2.24) is 5.32 Å². The van der Waals surface area contributed by atoms with Crippen LogP contribution in [-0.4, -0.2) is 38.3 Å². The van der Waals surface area contributed by atoms with Gasteiger partial charge in [-0.15, -0.1) is 0 Å². The first kappa shape index (κ1) is 15.5. The number of carbonyl (C=O) groups excluding carboxylic acids is 1. The van der Waals surface area contributed by atoms with Crippen molar-refractivity contribution in [2.45, 2.75) is 26.8 Å². The smallest absolute Gasteiger partial charge is 0.324 e. The van der Waals surface area contributed by atoms with Gasteiger partial charge in [-0.3, -0.25) is 4.79 Å². The molecule has 1 aromatic rings. The van der Waals surface area contributed by atoms with Crippen LogP contribution in [-0.2, 0) is 9.53 Å². The van der Waals surface area contributed by atoms with Crippen molar-refractivity contribution in [3.63, 3.8) is 0 Å². The summed E-state index contributed by atoms with van der Waals surface area (Å²) in [6, 6.07) is 9.82. The first-order chi connectivity index (χ1) is 9.22. The third-order valence-electron chi connectivity index (χ3n) is 2.93. The lowest BCUT2D eigenvalue weighted by Crippen LogP contribution is -2.47. The van der Waals surface area contributed by atoms with Crippen LogP contribution in [0.15, 0.2) is 30.3 Å². The second-order valence-electron chi connectivity index (χ2n) is 4.24. The predicted octanol–water partition coefficient (Wildman–Crippen LogP) is 2.05. The largest absolute Gasteiger partial charge is 0.465 e. The Morgan fingerprint density at radius 1 is 1.26 bits per heavy atom. The lowest BCUT2D eigenvalue weighted by Gasteiger charge is -2.27. The second kappa shape index (κ2) is 8.53. The zero-order valence-electron chi connectivity index (χ0n) is 12.1. The third-order valence-corrected chi connectivity index (χ3v) is 2.93. The zero-order chi connectivity index (χ0) is 14.1. The summed E-state index contributed by atoms with van der Waals surface area (Å²) >= 11 is 0. The number of para-hydroxylation sites is 1. The van der Waals surface area contributed by atoms with Crippen molar-refractivity contribution in [3.8, 4) is 0 Å². The minimum absolute atomic E-state index is 0.182. The van der Waals surface area contributed by atoms with Crippen LogP contribution >= 0.6 is 0 Å². The predicted molar refractivity (Wildman–Crippen MR) is 78.4 cm³/mol. The molecule has 0 fully saturated rings. The summed E-state index contributed by atoms with van der Waals surface area (Å²) in [6.45, 7) is 8.54. The van der Waals surface area contributed by atoms with Crippen LogP contribution < -0.4 is 10.2 Å². The molecule has 0 saturated heterocycles. The topological polar surface area (TPSA) is 41.6 Å². The minimum Gasteiger partial charge on any atom is -0.465 e. The van der Waals surface area contributed by atoms with E-state index in [0.29, 0.717) is 13.2 Å². The van der Waals surface area contributed by atoms with E-state index in [9.17, 15) is 4.79 Å². The molecule has 0 aromatic heterocycles. The van der Waals surface area contributed by atoms with Gasteiger partial charge >= 0.3 is 5.97 Å². The molecule has 0 heterocycles. The molecule has 0 spiro atoms. The van der Waals surface area contributed by atoms with Gasteiger partial charge in [0.2, 0.25) is 0 Å². The van der Waals surface area contributed by atoms with Gasteiger partial charge in [-0.05, 0) is 32.5 Å². The number of benzene rings is 1. The molecule has 106 valence electrons. The average molecular weight is 264 g/mol. The number of carbonyl (C=O) groups is 1. The number of nitrogens with one attached hydrogen (secondary N) is 1. The molecule has 4 heteroatoms. The molecular formula is C15H24N2O2. The summed E-state index contributed by atoms with van der Waals surface area (Å²) in [7, 11) is 0. The highest BCUT2D eigenvalue weighted by Crippen LogP contribution is 2.13. The van der Waals surface area contributed by atoms with Crippen molar-refractivity contribution in [2.75, 3.05) is 31.1 Å². The fraction of sp³-hybridized carbons (Fsp3) is 0.533. The summed E-state index contributed by atoms with van der Waals surface area (Å²) in [6.07, 6.45) is 0. The Balaban J connectivity index is 2.72. The van der Waals surface area contributed by atoms with E-state index in [0.717, 1.165) is 18.8 Å². The number of rotatable bonds is 8. The van der Waals surface area contributed by atoms with E-state index in [4.69, 9.17) is 4.74 Å². The minimum atomic E-state index is -0.287. The molecule has 0 amide bonds. The number of esters is 1. The first-order valence-electron chi connectivity index (χ1n) is 6.92. The van der Waals surface area contributed by atoms with E-state index in [2.05, 4.69) is 29.3 Å². The van der Waals surface area contributed by atoms with E-state index in [1.165, 1.54) is 0 Å². The van der Waals surface area contributed by atoms with Crippen molar-refractivity contribution < 1.29 is 9.53 Å². The molecule has 0 saturated carbocycles. The third kappa shape index (κ3) is 4.91. The Morgan fingerprint density at radius 3 is 2.47 bits per heavy atom. The first-order valence-corrected chi connectivity index (χ1v) is 6.92. The Labute approximate surface area is 115 Å². The standard InChI is InChI=1S/C15H24N2O2/c1-4-16-14(15(18)19-6-3)12-17(5-2)13-10-8-7-9-11-13/h7-11,14,16H,4-6,12H2,1-3H3. The molecule has 0 aliphatic carbocycles. The van der Waals surface area contributed by atoms with Crippen LogP contribution in [0.25, 0.3) is 0 Å². The highest BCUT2D eigenvalue weighted by Gasteiger charge is 2.21. The van der Waals surface area contributed by atoms with Gasteiger partial charge in [-0.1, -0.05) is 25.1 Å². The van der Waals surface area contributed by atoms with Gasteiger partial charge < -0.3 is 15.0 Å². The maximum atomic E-state index is 11.9. The molecule has 0 radical (unpaired) electrons. The molecule has 0 bridgehead atoms. The monoisotopic (exact) mass is 264 g/mol. The number of likely N-dealkylation sites (N-methyl/N-ethyl adjacent to an activating group) is 2. The van der Waals surface area contributed by atoms with E-state index in [-0.39, 0.29) is 12.0 Å². The second-order valence-corrected chi connectivity index (χ2v) is 4.24. The fourth-order valence-corrected chi connectivity index (χ4v) is 1.99. The summed E-state index contributed by atoms with van der Waals surface area (Å²) in [5.74, 6) is -0.182. The van der Waals surface area contributed by atoms with Crippen LogP contribution in [0.4, 0.5) is 5.69 Å². The summed E-state index contributed by atoms with van der Waals surface area (Å²) < 4.78 is 5.11. The van der Waals surface area contributed by atoms with Crippen LogP contribution in [0.2, 0.25) is 0 Å². The molecule has 1 atom stereocenters. The number of ether oxygens (including phenoxy) is 1. The Bertz CT molecular complexity index is 368. The van der Waals surface area contributed by atoms with Gasteiger partial charge in [0.15, 0.2) is 0 Å². The summed E-state index contributed by atoms with van der Waals surface area (Å²) in [5.41, 5.74) is 1.12. The SMILES string of the molecule is CCNC(CN(CC)c1ccccc1)C(=O)OCC. The molecule has 1 rings (SSSR count). The molecule has 0 aliphatic heterocycles. The van der Waals surface area contributed by atoms with E-state index < -0.39 is 0 Å². The molecule has 0 aliphatic rings. The Kier molecular flexibility index (Phi) is 6.97. The summed E-state index contributed by atoms with van der Waals surface area (Å²) in [5, 5.41) is 3.19. The molecule has 1 unspecified atom stereocenters. The van der Waals surface area contributed by atoms with Gasteiger partial charge in [0.1, 0.15) is 6.04 Å². The fourth-order valence-electron chi connectivity index (χ4n) is 1.99. The lowest BCUT2D eigenvalue weighted by atomic mass is 10.2. The number of nitrogens with zero attached hydrogens (tertiary/aromatic N) is 1. The molecule has 4 nitrogen and oxygen atoms in total. The summed E-state index contributed by atoms with van der Waals surface area (Å²) in [4.78, 5) is 14.1. The van der Waals surface area contributed by atoms with Gasteiger partial charge in [-0.25, -0.2) is 0 Å². The number of hydrogen-bond donors (Lipinski definition) is 1. The Morgan fingerprint density at radius 2 is 1.95 bits per heavy atom. The number of hydrogen-bond acceptors (Lipinski definition) is 4. The normalized spacial score (nSPS) is 11.9. The van der Waals surface area contributed by atoms with Crippen molar-refractivity contribution >= 4 is 11.7 Å². The molecule has 1 N–H and O–H groups in total. The average Bonchev–Trinajstić information content (AvgIpc) is 2.44. The molecule has 19 heavy (non-hydrogen) atoms. The number of anilines is 1. The van der Waals surface area contributed by atoms with Crippen molar-refractivity contribution in [2.24, 2.45) is 0 Å². The maximum absolute atomic E-state index is 11.9. The van der Waals surface area contributed by atoms with Crippen LogP contribution in [0.1, 0.15) is 20.8 Å². The van der Waals surface area contributed by atoms with Crippen molar-refractivity contribution in [1.29, 1.82) is 0 Å². The highest BCUT2D eigenvalue weighted by molar-refractivity contribution is 5.76. The van der Waals surface area contributed by atoms with E-state index >= 15 is 0 Å². The highest BCUT2D eigenvalue weighted by atomic mass is 16.5. The lowest BCUT2D eigenvalue weighted by molar-refractivity contribution is -0.145. The quantitative estimate of drug-likeness (QED) is 0.730. The van der Waals surface area contributed by atoms with Gasteiger partial charge in [0, 0.05) is 18.8 Å². The van der Waals surface area contributed by atoms with Crippen LogP contribution in [0.5, 0.6) is 0 Å². The molecule has 1 aromatic carbocycles. The van der Waals surface area contributed by atoms with Crippen LogP contribution in [0.3, 0.4) is 0 Å². The van der Waals surface area contributed by atoms with Gasteiger partial charge in [0.05, 0.1) is 6.61 Å². The van der Waals surface area contributed by atoms with E-state index in [1.54, 1.807) is 0 Å². The van der Waals surface area contributed by atoms with Crippen molar-refractivity contribution in [3.05, 3.63) is 30.3 Å². The van der Waals surface area contributed by atoms with Crippen LogP contribution in [0, 0.1) is 0 Å². The zero-order valence-corrected chi connectivity index (χ0v) is 12.1. The van der Waals surface area contributed by atoms with Gasteiger partial charge in [-0.2, -0.15) is 0 Å². The Hall–Kier alpha value is -1.55. The molecular weight excluding hydrogens is 240 g/mol.